The second-order valence-corrected chi connectivity index (χ2v) is 13.5. The van der Waals surface area contributed by atoms with Crippen molar-refractivity contribution in [2.45, 2.75) is 72.1 Å². The van der Waals surface area contributed by atoms with Crippen LogP contribution in [0.2, 0.25) is 0 Å². The molecular weight excluding hydrogens is 779 g/mol. The number of benzene rings is 3. The van der Waals surface area contributed by atoms with Crippen molar-refractivity contribution in [3.63, 3.8) is 0 Å². The molecule has 0 heterocycles. The number of unbranched alkanes of at least 4 members (excludes halogenated alkanes) is 6. The summed E-state index contributed by atoms with van der Waals surface area (Å²) in [7, 11) is 0. The van der Waals surface area contributed by atoms with Crippen molar-refractivity contribution in [3.8, 4) is 23.0 Å². The van der Waals surface area contributed by atoms with Gasteiger partial charge in [-0.1, -0.05) is 13.2 Å². The number of ether oxygens (including phenoxy) is 6. The molecular formula is C41H47IO10. The van der Waals surface area contributed by atoms with Crippen molar-refractivity contribution in [2.75, 3.05) is 26.4 Å². The van der Waals surface area contributed by atoms with E-state index in [2.05, 4.69) is 13.2 Å². The third kappa shape index (κ3) is 14.9. The molecule has 0 aromatic heterocycles. The Morgan fingerprint density at radius 2 is 0.904 bits per heavy atom. The molecule has 0 saturated carbocycles. The average molecular weight is 827 g/mol. The molecule has 52 heavy (non-hydrogen) atoms. The summed E-state index contributed by atoms with van der Waals surface area (Å²) < 4.78 is 33.3. The summed E-state index contributed by atoms with van der Waals surface area (Å²) in [6.45, 7) is 14.2. The van der Waals surface area contributed by atoms with Gasteiger partial charge in [0.1, 0.15) is 23.0 Å². The average Bonchev–Trinajstić information content (AvgIpc) is 3.11. The molecule has 0 unspecified atom stereocenters. The van der Waals surface area contributed by atoms with Gasteiger partial charge < -0.3 is 28.4 Å². The second kappa shape index (κ2) is 22.3. The fraction of sp³-hybridized carbons (Fsp3) is 0.366. The monoisotopic (exact) mass is 826 g/mol. The number of hydrogen-bond acceptors (Lipinski definition) is 10. The molecule has 278 valence electrons. The van der Waals surface area contributed by atoms with Crippen LogP contribution in [0.5, 0.6) is 23.0 Å². The van der Waals surface area contributed by atoms with E-state index in [4.69, 9.17) is 28.4 Å². The van der Waals surface area contributed by atoms with Crippen LogP contribution in [0.3, 0.4) is 0 Å². The van der Waals surface area contributed by atoms with Crippen molar-refractivity contribution in [2.24, 2.45) is 0 Å². The smallest absolute Gasteiger partial charge is 0.343 e. The van der Waals surface area contributed by atoms with E-state index < -0.39 is 11.9 Å². The molecule has 0 spiro atoms. The van der Waals surface area contributed by atoms with Crippen molar-refractivity contribution >= 4 is 46.5 Å². The van der Waals surface area contributed by atoms with Gasteiger partial charge >= 0.3 is 23.9 Å². The summed E-state index contributed by atoms with van der Waals surface area (Å²) in [5, 5.41) is 0. The van der Waals surface area contributed by atoms with Crippen LogP contribution in [0.25, 0.3) is 0 Å². The fourth-order valence-electron chi connectivity index (χ4n) is 4.84. The highest BCUT2D eigenvalue weighted by molar-refractivity contribution is 14.1. The first-order valence-electron chi connectivity index (χ1n) is 17.3. The third-order valence-corrected chi connectivity index (χ3v) is 8.17. The predicted octanol–water partition coefficient (Wildman–Crippen LogP) is 9.23. The molecule has 0 N–H and O–H groups in total. The first-order chi connectivity index (χ1) is 24.9. The summed E-state index contributed by atoms with van der Waals surface area (Å²) in [5.74, 6) is 0.183. The first kappa shape index (κ1) is 41.8. The Morgan fingerprint density at radius 3 is 1.27 bits per heavy atom. The van der Waals surface area contributed by atoms with Gasteiger partial charge in [-0.2, -0.15) is 0 Å². The van der Waals surface area contributed by atoms with Gasteiger partial charge in [-0.05, 0) is 167 Å². The highest BCUT2D eigenvalue weighted by Crippen LogP contribution is 2.24. The number of carbonyl (C=O) groups is 4. The quantitative estimate of drug-likeness (QED) is 0.0319. The maximum absolute atomic E-state index is 12.9. The molecule has 0 fully saturated rings. The largest absolute Gasteiger partial charge is 0.494 e. The van der Waals surface area contributed by atoms with Gasteiger partial charge in [0.15, 0.2) is 0 Å². The molecule has 0 amide bonds. The van der Waals surface area contributed by atoms with Gasteiger partial charge in [0.2, 0.25) is 0 Å². The third-order valence-electron chi connectivity index (χ3n) is 7.73. The Morgan fingerprint density at radius 1 is 0.538 bits per heavy atom. The van der Waals surface area contributed by atoms with E-state index in [1.807, 2.05) is 36.4 Å². The van der Waals surface area contributed by atoms with Gasteiger partial charge in [-0.15, -0.1) is 0 Å². The number of esters is 4. The zero-order chi connectivity index (χ0) is 37.9. The molecule has 3 rings (SSSR count). The summed E-state index contributed by atoms with van der Waals surface area (Å²) >= 11 is 1.85. The summed E-state index contributed by atoms with van der Waals surface area (Å²) in [6, 6.07) is 16.7. The van der Waals surface area contributed by atoms with Gasteiger partial charge in [0, 0.05) is 5.57 Å². The minimum Gasteiger partial charge on any atom is -0.494 e. The van der Waals surface area contributed by atoms with Crippen molar-refractivity contribution in [3.05, 3.63) is 105 Å². The van der Waals surface area contributed by atoms with Crippen LogP contribution in [0.4, 0.5) is 0 Å². The Balaban J connectivity index is 1.37. The van der Waals surface area contributed by atoms with E-state index >= 15 is 0 Å². The Hall–Kier alpha value is -4.65. The second-order valence-electron chi connectivity index (χ2n) is 12.2. The topological polar surface area (TPSA) is 124 Å². The standard InChI is InChI=1S/C41H47IO10/c1-28(2)38(43)49-24-12-8-6-10-22-47-34-18-20-36(29(3)26-34)40(45)51-32-14-16-33(17-15-32)52-41(46)37-21-19-35(27-30(37)4)48-23-11-7-9-13-25-50-39(44)31(5)42/h14-21,26-27H,1,5-13,22-25H2,2-4H3. The van der Waals surface area contributed by atoms with Crippen molar-refractivity contribution < 1.29 is 47.6 Å². The predicted molar refractivity (Wildman–Crippen MR) is 207 cm³/mol. The summed E-state index contributed by atoms with van der Waals surface area (Å²) in [5.41, 5.74) is 2.66. The molecule has 0 radical (unpaired) electrons. The van der Waals surface area contributed by atoms with Crippen LogP contribution in [0, 0.1) is 13.8 Å². The Kier molecular flexibility index (Phi) is 17.9. The van der Waals surface area contributed by atoms with E-state index in [0.717, 1.165) is 56.9 Å². The lowest BCUT2D eigenvalue weighted by molar-refractivity contribution is -0.139. The highest BCUT2D eigenvalue weighted by atomic mass is 127. The number of carbonyl (C=O) groups excluding carboxylic acids is 4. The molecule has 0 atom stereocenters. The molecule has 0 saturated heterocycles. The molecule has 11 heteroatoms. The van der Waals surface area contributed by atoms with Gasteiger partial charge in [-0.25, -0.2) is 19.2 Å². The van der Waals surface area contributed by atoms with Crippen LogP contribution in [0.1, 0.15) is 90.1 Å². The van der Waals surface area contributed by atoms with Crippen LogP contribution >= 0.6 is 22.6 Å². The van der Waals surface area contributed by atoms with Crippen LogP contribution in [0.15, 0.2) is 83.0 Å². The number of aryl methyl sites for hydroxylation is 2. The number of hydrogen-bond donors (Lipinski definition) is 0. The zero-order valence-corrected chi connectivity index (χ0v) is 32.3. The van der Waals surface area contributed by atoms with Crippen LogP contribution in [-0.2, 0) is 19.1 Å². The fourth-order valence-corrected chi connectivity index (χ4v) is 4.99. The minimum absolute atomic E-state index is 0.308. The normalized spacial score (nSPS) is 10.5. The Bertz CT molecular complexity index is 1570. The molecule has 0 aliphatic heterocycles. The van der Waals surface area contributed by atoms with Crippen molar-refractivity contribution in [1.29, 1.82) is 0 Å². The van der Waals surface area contributed by atoms with Crippen LogP contribution in [-0.4, -0.2) is 50.3 Å². The molecule has 0 aliphatic carbocycles. The lowest BCUT2D eigenvalue weighted by Gasteiger charge is -2.11. The Labute approximate surface area is 319 Å². The highest BCUT2D eigenvalue weighted by Gasteiger charge is 2.15. The summed E-state index contributed by atoms with van der Waals surface area (Å²) in [4.78, 5) is 48.5. The maximum atomic E-state index is 12.9. The molecule has 3 aromatic carbocycles. The molecule has 10 nitrogen and oxygen atoms in total. The molecule has 0 aliphatic rings. The van der Waals surface area contributed by atoms with Gasteiger partial charge in [0.05, 0.1) is 41.1 Å². The van der Waals surface area contributed by atoms with E-state index in [-0.39, 0.29) is 11.9 Å². The lowest BCUT2D eigenvalue weighted by atomic mass is 10.1. The van der Waals surface area contributed by atoms with E-state index in [1.165, 1.54) is 0 Å². The SMILES string of the molecule is C=C(C)C(=O)OCCCCCCOc1ccc(C(=O)Oc2ccc(OC(=O)c3ccc(OCCCCCCOC(=O)C(=C)I)cc3C)cc2)c(C)c1. The van der Waals surface area contributed by atoms with E-state index in [1.54, 1.807) is 67.6 Å². The summed E-state index contributed by atoms with van der Waals surface area (Å²) in [6.07, 6.45) is 7.00. The number of halogens is 1. The first-order valence-corrected chi connectivity index (χ1v) is 18.4. The van der Waals surface area contributed by atoms with E-state index in [9.17, 15) is 19.2 Å². The molecule has 3 aromatic rings. The number of rotatable bonds is 22. The van der Waals surface area contributed by atoms with Gasteiger partial charge in [-0.3, -0.25) is 0 Å². The van der Waals surface area contributed by atoms with E-state index in [0.29, 0.717) is 75.3 Å². The molecule has 0 bridgehead atoms. The minimum atomic E-state index is -0.514. The van der Waals surface area contributed by atoms with Crippen molar-refractivity contribution in [1.82, 2.24) is 0 Å². The lowest BCUT2D eigenvalue weighted by Crippen LogP contribution is -2.11. The zero-order valence-electron chi connectivity index (χ0n) is 30.1. The maximum Gasteiger partial charge on any atom is 0.343 e. The van der Waals surface area contributed by atoms with Gasteiger partial charge in [0.25, 0.3) is 0 Å². The van der Waals surface area contributed by atoms with Crippen LogP contribution < -0.4 is 18.9 Å².